The Morgan fingerprint density at radius 1 is 0.966 bits per heavy atom. The summed E-state index contributed by atoms with van der Waals surface area (Å²) in [6.07, 6.45) is 0. The van der Waals surface area contributed by atoms with Crippen molar-refractivity contribution in [3.63, 3.8) is 0 Å². The van der Waals surface area contributed by atoms with E-state index in [1.807, 2.05) is 30.3 Å². The van der Waals surface area contributed by atoms with Crippen LogP contribution in [-0.2, 0) is 6.61 Å². The molecule has 6 heteroatoms. The van der Waals surface area contributed by atoms with Gasteiger partial charge in [0.2, 0.25) is 0 Å². The lowest BCUT2D eigenvalue weighted by Gasteiger charge is -2.09. The van der Waals surface area contributed by atoms with Crippen LogP contribution in [0.25, 0.3) is 11.0 Å². The van der Waals surface area contributed by atoms with Crippen molar-refractivity contribution in [1.29, 1.82) is 0 Å². The van der Waals surface area contributed by atoms with Crippen LogP contribution in [0.4, 0.5) is 5.69 Å². The fraction of sp³-hybridized carbons (Fsp3) is 0.0435. The summed E-state index contributed by atoms with van der Waals surface area (Å²) in [5.41, 5.74) is 1.02. The molecule has 3 aromatic carbocycles. The fourth-order valence-electron chi connectivity index (χ4n) is 2.84. The molecule has 0 unspecified atom stereocenters. The van der Waals surface area contributed by atoms with Crippen LogP contribution in [0.5, 0.6) is 5.75 Å². The van der Waals surface area contributed by atoms with E-state index in [4.69, 9.17) is 20.8 Å². The van der Waals surface area contributed by atoms with Gasteiger partial charge in [0.15, 0.2) is 5.58 Å². The Bertz CT molecular complexity index is 1220. The van der Waals surface area contributed by atoms with E-state index < -0.39 is 11.5 Å². The van der Waals surface area contributed by atoms with E-state index in [0.717, 1.165) is 5.56 Å². The van der Waals surface area contributed by atoms with Crippen LogP contribution in [0.2, 0.25) is 5.02 Å². The molecule has 0 fully saturated rings. The van der Waals surface area contributed by atoms with E-state index >= 15 is 0 Å². The highest BCUT2D eigenvalue weighted by atomic mass is 35.5. The Morgan fingerprint density at radius 2 is 1.72 bits per heavy atom. The third-order valence-corrected chi connectivity index (χ3v) is 4.61. The van der Waals surface area contributed by atoms with Gasteiger partial charge in [-0.3, -0.25) is 4.79 Å². The number of hydrogen-bond donors (Lipinski definition) is 1. The van der Waals surface area contributed by atoms with Gasteiger partial charge in [-0.15, -0.1) is 0 Å². The molecule has 0 aliphatic carbocycles. The van der Waals surface area contributed by atoms with Gasteiger partial charge in [0.05, 0.1) is 5.02 Å². The number of amides is 1. The molecule has 1 aromatic heterocycles. The van der Waals surface area contributed by atoms with Gasteiger partial charge in [-0.25, -0.2) is 4.79 Å². The number of carbonyl (C=O) groups is 1. The maximum atomic E-state index is 12.5. The molecule has 144 valence electrons. The number of fused-ring (bicyclic) bond motifs is 1. The van der Waals surface area contributed by atoms with Crippen LogP contribution in [0.1, 0.15) is 15.9 Å². The standard InChI is InChI=1S/C23H16ClNO4/c24-20-8-4-7-16-13-19(23(27)29-21(16)20)22(26)25-17-9-11-18(12-10-17)28-14-15-5-2-1-3-6-15/h1-13H,14H2,(H,25,26). The molecule has 5 nitrogen and oxygen atoms in total. The summed E-state index contributed by atoms with van der Waals surface area (Å²) < 4.78 is 10.9. The van der Waals surface area contributed by atoms with Crippen molar-refractivity contribution in [2.75, 3.05) is 5.32 Å². The van der Waals surface area contributed by atoms with E-state index in [9.17, 15) is 9.59 Å². The minimum absolute atomic E-state index is 0.0934. The third kappa shape index (κ3) is 4.31. The van der Waals surface area contributed by atoms with Gasteiger partial charge in [-0.2, -0.15) is 0 Å². The zero-order valence-electron chi connectivity index (χ0n) is 15.2. The average molecular weight is 406 g/mol. The topological polar surface area (TPSA) is 68.5 Å². The highest BCUT2D eigenvalue weighted by molar-refractivity contribution is 6.34. The van der Waals surface area contributed by atoms with Gasteiger partial charge < -0.3 is 14.5 Å². The molecule has 4 rings (SSSR count). The number of hydrogen-bond acceptors (Lipinski definition) is 4. The number of ether oxygens (including phenoxy) is 1. The van der Waals surface area contributed by atoms with Gasteiger partial charge in [0, 0.05) is 11.1 Å². The Labute approximate surface area is 171 Å². The van der Waals surface area contributed by atoms with E-state index in [0.29, 0.717) is 28.5 Å². The highest BCUT2D eigenvalue weighted by Crippen LogP contribution is 2.23. The SMILES string of the molecule is O=C(Nc1ccc(OCc2ccccc2)cc1)c1cc2cccc(Cl)c2oc1=O. The molecule has 0 atom stereocenters. The van der Waals surface area contributed by atoms with Crippen LogP contribution < -0.4 is 15.7 Å². The zero-order chi connectivity index (χ0) is 20.2. The molecule has 4 aromatic rings. The van der Waals surface area contributed by atoms with Crippen molar-refractivity contribution < 1.29 is 13.9 Å². The number of nitrogens with one attached hydrogen (secondary N) is 1. The van der Waals surface area contributed by atoms with Crippen molar-refractivity contribution in [2.24, 2.45) is 0 Å². The van der Waals surface area contributed by atoms with Gasteiger partial charge in [0.1, 0.15) is 17.9 Å². The van der Waals surface area contributed by atoms with Crippen LogP contribution >= 0.6 is 11.6 Å². The molecular formula is C23H16ClNO4. The Kier molecular flexibility index (Phi) is 5.31. The third-order valence-electron chi connectivity index (χ3n) is 4.32. The summed E-state index contributed by atoms with van der Waals surface area (Å²) in [6, 6.07) is 23.3. The number of anilines is 1. The first-order valence-corrected chi connectivity index (χ1v) is 9.28. The number of rotatable bonds is 5. The van der Waals surface area contributed by atoms with E-state index in [1.165, 1.54) is 6.07 Å². The molecule has 29 heavy (non-hydrogen) atoms. The second kappa shape index (κ2) is 8.20. The van der Waals surface area contributed by atoms with Crippen LogP contribution in [0.15, 0.2) is 88.1 Å². The molecule has 1 N–H and O–H groups in total. The first-order valence-electron chi connectivity index (χ1n) is 8.91. The molecular weight excluding hydrogens is 390 g/mol. The molecule has 0 radical (unpaired) electrons. The van der Waals surface area contributed by atoms with E-state index in [1.54, 1.807) is 42.5 Å². The Balaban J connectivity index is 1.46. The lowest BCUT2D eigenvalue weighted by atomic mass is 10.1. The summed E-state index contributed by atoms with van der Waals surface area (Å²) in [5.74, 6) is 0.116. The Hall–Kier alpha value is -3.57. The van der Waals surface area contributed by atoms with Gasteiger partial charge in [-0.05, 0) is 42.0 Å². The average Bonchev–Trinajstić information content (AvgIpc) is 2.74. The van der Waals surface area contributed by atoms with Crippen molar-refractivity contribution in [3.05, 3.63) is 105 Å². The maximum absolute atomic E-state index is 12.5. The summed E-state index contributed by atoms with van der Waals surface area (Å²) >= 11 is 6.03. The minimum atomic E-state index is -0.745. The molecule has 1 amide bonds. The summed E-state index contributed by atoms with van der Waals surface area (Å²) in [6.45, 7) is 0.452. The monoisotopic (exact) mass is 405 g/mol. The number of benzene rings is 3. The number of para-hydroxylation sites is 1. The van der Waals surface area contributed by atoms with Crippen molar-refractivity contribution >= 4 is 34.2 Å². The normalized spacial score (nSPS) is 10.7. The molecule has 0 saturated carbocycles. The largest absolute Gasteiger partial charge is 0.489 e. The van der Waals surface area contributed by atoms with Crippen molar-refractivity contribution in [3.8, 4) is 5.75 Å². The first-order chi connectivity index (χ1) is 14.1. The predicted molar refractivity (Wildman–Crippen MR) is 113 cm³/mol. The number of carbonyl (C=O) groups excluding carboxylic acids is 1. The fourth-order valence-corrected chi connectivity index (χ4v) is 3.06. The summed E-state index contributed by atoms with van der Waals surface area (Å²) in [5, 5.41) is 3.58. The first kappa shape index (κ1) is 18.8. The van der Waals surface area contributed by atoms with E-state index in [2.05, 4.69) is 5.32 Å². The lowest BCUT2D eigenvalue weighted by Crippen LogP contribution is -2.20. The van der Waals surface area contributed by atoms with E-state index in [-0.39, 0.29) is 11.1 Å². The highest BCUT2D eigenvalue weighted by Gasteiger charge is 2.15. The molecule has 0 bridgehead atoms. The summed E-state index contributed by atoms with van der Waals surface area (Å²) in [4.78, 5) is 24.7. The molecule has 0 saturated heterocycles. The summed E-state index contributed by atoms with van der Waals surface area (Å²) in [7, 11) is 0. The maximum Gasteiger partial charge on any atom is 0.349 e. The van der Waals surface area contributed by atoms with Crippen molar-refractivity contribution in [1.82, 2.24) is 0 Å². The van der Waals surface area contributed by atoms with Crippen LogP contribution in [0.3, 0.4) is 0 Å². The van der Waals surface area contributed by atoms with Crippen LogP contribution in [0, 0.1) is 0 Å². The van der Waals surface area contributed by atoms with Crippen LogP contribution in [-0.4, -0.2) is 5.91 Å². The zero-order valence-corrected chi connectivity index (χ0v) is 16.0. The molecule has 0 aliphatic rings. The Morgan fingerprint density at radius 3 is 2.48 bits per heavy atom. The van der Waals surface area contributed by atoms with Crippen molar-refractivity contribution in [2.45, 2.75) is 6.61 Å². The minimum Gasteiger partial charge on any atom is -0.489 e. The predicted octanol–water partition coefficient (Wildman–Crippen LogP) is 5.28. The lowest BCUT2D eigenvalue weighted by molar-refractivity contribution is 0.102. The molecule has 0 spiro atoms. The number of halogens is 1. The van der Waals surface area contributed by atoms with Gasteiger partial charge in [-0.1, -0.05) is 54.1 Å². The van der Waals surface area contributed by atoms with Gasteiger partial charge in [0.25, 0.3) is 5.91 Å². The smallest absolute Gasteiger partial charge is 0.349 e. The molecule has 0 aliphatic heterocycles. The molecule has 1 heterocycles. The quantitative estimate of drug-likeness (QED) is 0.459. The second-order valence-corrected chi connectivity index (χ2v) is 6.77. The van der Waals surface area contributed by atoms with Gasteiger partial charge >= 0.3 is 5.63 Å². The second-order valence-electron chi connectivity index (χ2n) is 6.36.